The van der Waals surface area contributed by atoms with Crippen LogP contribution in [0.15, 0.2) is 134 Å². The van der Waals surface area contributed by atoms with Crippen LogP contribution in [0, 0.1) is 18.8 Å². The van der Waals surface area contributed by atoms with Crippen LogP contribution in [-0.4, -0.2) is 125 Å². The smallest absolute Gasteiger partial charge is 0.407 e. The highest BCUT2D eigenvalue weighted by molar-refractivity contribution is 5.99. The summed E-state index contributed by atoms with van der Waals surface area (Å²) in [4.78, 5) is 113. The Bertz CT molecular complexity index is 3140. The van der Waals surface area contributed by atoms with Gasteiger partial charge in [-0.2, -0.15) is 0 Å². The van der Waals surface area contributed by atoms with Crippen molar-refractivity contribution in [1.29, 1.82) is 0 Å². The van der Waals surface area contributed by atoms with Gasteiger partial charge in [-0.1, -0.05) is 91.0 Å². The molecule has 3 saturated heterocycles. The maximum atomic E-state index is 15.4. The number of H-pyrrole nitrogens is 1. The van der Waals surface area contributed by atoms with Gasteiger partial charge in [0, 0.05) is 80.6 Å². The molecule has 3 aliphatic rings. The molecule has 19 heteroatoms. The molecule has 82 heavy (non-hydrogen) atoms. The number of aromatic nitrogens is 2. The molecule has 2 aromatic heterocycles. The molecule has 7 atom stereocenters. The van der Waals surface area contributed by atoms with Crippen molar-refractivity contribution in [2.24, 2.45) is 17.6 Å². The van der Waals surface area contributed by atoms with Crippen LogP contribution < -0.4 is 42.4 Å². The molecule has 4 aromatic carbocycles. The van der Waals surface area contributed by atoms with E-state index in [0.717, 1.165) is 59.1 Å². The zero-order valence-corrected chi connectivity index (χ0v) is 46.3. The van der Waals surface area contributed by atoms with Gasteiger partial charge in [-0.15, -0.1) is 0 Å². The zero-order chi connectivity index (χ0) is 57.4. The molecule has 0 spiro atoms. The molecule has 430 valence electrons. The molecular formula is C63H74N10O9. The van der Waals surface area contributed by atoms with Crippen LogP contribution in [0.1, 0.15) is 71.9 Å². The minimum Gasteiger partial charge on any atom is -0.489 e. The summed E-state index contributed by atoms with van der Waals surface area (Å²) in [7, 11) is 0. The molecule has 3 fully saturated rings. The Labute approximate surface area is 477 Å². The number of ether oxygens (including phenoxy) is 2. The maximum absolute atomic E-state index is 15.4. The summed E-state index contributed by atoms with van der Waals surface area (Å²) >= 11 is 0. The van der Waals surface area contributed by atoms with Crippen molar-refractivity contribution in [1.82, 2.24) is 46.8 Å². The second-order valence-corrected chi connectivity index (χ2v) is 21.8. The number of nitrogens with two attached hydrogens (primary N) is 1. The lowest BCUT2D eigenvalue weighted by Crippen LogP contribution is -2.60. The number of pyridine rings is 1. The van der Waals surface area contributed by atoms with Crippen molar-refractivity contribution in [3.63, 3.8) is 0 Å². The SMILES string of the molecule is Cc1cccc2[nH]cc(C[C@H]3NC(=O)[C@H](CCc4ccccc4)NC(=O)[C@@H]4C[C@@H](OC(=O)NCCN)CN4C(=O)[C@H](Cc4cccnc4)NC(=O)[C@H](Cc4ccc(OCc5ccccc5)cc4)NC(=O)[C@H](CC4CCNCC4)CC3=O)c12. The highest BCUT2D eigenvalue weighted by atomic mass is 16.6. The number of carbonyl (C=O) groups is 7. The Kier molecular flexibility index (Phi) is 20.1. The largest absolute Gasteiger partial charge is 0.489 e. The van der Waals surface area contributed by atoms with E-state index in [9.17, 15) is 4.79 Å². The lowest BCUT2D eigenvalue weighted by molar-refractivity contribution is -0.143. The summed E-state index contributed by atoms with van der Waals surface area (Å²) in [6, 6.07) is 29.3. The summed E-state index contributed by atoms with van der Waals surface area (Å²) < 4.78 is 11.9. The number of aromatic amines is 1. The molecule has 5 heterocycles. The standard InChI is InChI=1S/C63H74N10O9/c1-40-10-8-16-50-57(40)47(37-68-50)33-52-56(74)34-46(30-43-23-27-65-28-24-43)58(75)71-53(31-42-17-20-48(21-18-42)81-39-44-13-6-3-7-14-44)60(77)72-54(32-45-15-9-26-66-36-45)62(79)73-38-49(82-63(80)67-29-25-64)35-55(73)61(78)69-51(59(76)70-52)22-19-41-11-4-2-5-12-41/h2-18,20-21,26,36-37,43,46,49,51-55,65,68H,19,22-25,27-35,38-39,64H2,1H3,(H,67,80)(H,69,78)(H,70,76)(H,71,75)(H,72,77)/t46-,49-,51+,52-,53+,54+,55+/m1/s1. The maximum Gasteiger partial charge on any atom is 0.407 e. The molecule has 6 aromatic rings. The average Bonchev–Trinajstić information content (AvgIpc) is 4.34. The van der Waals surface area contributed by atoms with Gasteiger partial charge in [-0.05, 0) is 116 Å². The van der Waals surface area contributed by atoms with Crippen LogP contribution in [0.4, 0.5) is 4.79 Å². The van der Waals surface area contributed by atoms with Gasteiger partial charge < -0.3 is 57.0 Å². The second kappa shape index (κ2) is 28.3. The Balaban J connectivity index is 1.11. The fourth-order valence-electron chi connectivity index (χ4n) is 11.4. The first-order chi connectivity index (χ1) is 39.9. The van der Waals surface area contributed by atoms with Gasteiger partial charge in [0.25, 0.3) is 0 Å². The van der Waals surface area contributed by atoms with Crippen molar-refractivity contribution >= 4 is 52.3 Å². The number of piperidine rings is 1. The molecular weight excluding hydrogens is 1040 g/mol. The molecule has 3 aliphatic heterocycles. The molecule has 0 aliphatic carbocycles. The number of fused-ring (bicyclic) bond motifs is 2. The predicted molar refractivity (Wildman–Crippen MR) is 309 cm³/mol. The number of aryl methyl sites for hydroxylation is 2. The fraction of sp³-hybridized carbons (Fsp3) is 0.397. The van der Waals surface area contributed by atoms with Crippen LogP contribution >= 0.6 is 0 Å². The van der Waals surface area contributed by atoms with Gasteiger partial charge in [0.15, 0.2) is 5.78 Å². The number of amides is 6. The van der Waals surface area contributed by atoms with Crippen LogP contribution in [0.2, 0.25) is 0 Å². The van der Waals surface area contributed by atoms with Crippen LogP contribution in [0.25, 0.3) is 10.9 Å². The predicted octanol–water partition coefficient (Wildman–Crippen LogP) is 4.68. The number of nitrogens with one attached hydrogen (secondary N) is 7. The molecule has 0 bridgehead atoms. The number of Topliss-reactive ketones (excluding diaryl/α,β-unsaturated/α-hetero) is 1. The van der Waals surface area contributed by atoms with E-state index in [1.807, 2.05) is 104 Å². The summed E-state index contributed by atoms with van der Waals surface area (Å²) in [6.45, 7) is 3.78. The summed E-state index contributed by atoms with van der Waals surface area (Å²) in [5.41, 5.74) is 11.4. The van der Waals surface area contributed by atoms with Crippen molar-refractivity contribution in [2.45, 2.75) is 114 Å². The third kappa shape index (κ3) is 15.7. The first-order valence-electron chi connectivity index (χ1n) is 28.5. The van der Waals surface area contributed by atoms with Gasteiger partial charge in [0.2, 0.25) is 29.5 Å². The van der Waals surface area contributed by atoms with Gasteiger partial charge in [-0.25, -0.2) is 4.79 Å². The van der Waals surface area contributed by atoms with Crippen molar-refractivity contribution in [2.75, 3.05) is 32.7 Å². The van der Waals surface area contributed by atoms with Crippen LogP contribution in [0.5, 0.6) is 5.75 Å². The molecule has 9 rings (SSSR count). The number of rotatable bonds is 17. The van der Waals surface area contributed by atoms with E-state index in [1.54, 1.807) is 36.7 Å². The Morgan fingerprint density at radius 1 is 0.707 bits per heavy atom. The molecule has 0 radical (unpaired) electrons. The molecule has 6 amide bonds. The second-order valence-electron chi connectivity index (χ2n) is 21.8. The zero-order valence-electron chi connectivity index (χ0n) is 46.3. The average molecular weight is 1120 g/mol. The van der Waals surface area contributed by atoms with E-state index in [2.05, 4.69) is 41.9 Å². The lowest BCUT2D eigenvalue weighted by atomic mass is 9.83. The van der Waals surface area contributed by atoms with Gasteiger partial charge in [0.05, 0.1) is 12.6 Å². The highest BCUT2D eigenvalue weighted by Gasteiger charge is 2.45. The third-order valence-electron chi connectivity index (χ3n) is 15.8. The topological polar surface area (TPSA) is 268 Å². The third-order valence-corrected chi connectivity index (χ3v) is 15.8. The Morgan fingerprint density at radius 2 is 1.39 bits per heavy atom. The minimum atomic E-state index is -1.35. The number of alkyl carbamates (subject to hydrolysis) is 1. The normalized spacial score (nSPS) is 22.5. The van der Waals surface area contributed by atoms with Gasteiger partial charge >= 0.3 is 6.09 Å². The van der Waals surface area contributed by atoms with Crippen LogP contribution in [-0.2, 0) is 65.8 Å². The molecule has 9 N–H and O–H groups in total. The van der Waals surface area contributed by atoms with Crippen molar-refractivity contribution < 1.29 is 43.0 Å². The van der Waals surface area contributed by atoms with E-state index >= 15 is 28.8 Å². The van der Waals surface area contributed by atoms with Crippen molar-refractivity contribution in [3.05, 3.63) is 167 Å². The number of carbonyl (C=O) groups excluding carboxylic acids is 7. The first-order valence-corrected chi connectivity index (χ1v) is 28.5. The minimum absolute atomic E-state index is 0.0239. The monoisotopic (exact) mass is 1110 g/mol. The van der Waals surface area contributed by atoms with Gasteiger partial charge in [0.1, 0.15) is 42.6 Å². The molecule has 0 unspecified atom stereocenters. The summed E-state index contributed by atoms with van der Waals surface area (Å²) in [6.07, 6.45) is 5.00. The highest BCUT2D eigenvalue weighted by Crippen LogP contribution is 2.29. The summed E-state index contributed by atoms with van der Waals surface area (Å²) in [5, 5.41) is 18.9. The first kappa shape index (κ1) is 58.2. The molecule has 19 nitrogen and oxygen atoms in total. The summed E-state index contributed by atoms with van der Waals surface area (Å²) in [5.74, 6) is -3.92. The number of hydrogen-bond acceptors (Lipinski definition) is 12. The van der Waals surface area contributed by atoms with E-state index in [1.165, 1.54) is 4.90 Å². The quantitative estimate of drug-likeness (QED) is 0.0619. The number of ketones is 1. The van der Waals surface area contributed by atoms with E-state index < -0.39 is 83.6 Å². The number of nitrogens with zero attached hydrogens (tertiary/aromatic N) is 2. The molecule has 0 saturated carbocycles. The van der Waals surface area contributed by atoms with Crippen molar-refractivity contribution in [3.8, 4) is 5.75 Å². The number of hydrogen-bond donors (Lipinski definition) is 8. The van der Waals surface area contributed by atoms with E-state index in [0.29, 0.717) is 36.3 Å². The van der Waals surface area contributed by atoms with Gasteiger partial charge in [-0.3, -0.25) is 33.8 Å². The fourth-order valence-corrected chi connectivity index (χ4v) is 11.4. The van der Waals surface area contributed by atoms with E-state index in [-0.39, 0.29) is 64.1 Å². The Hall–Kier alpha value is -8.42. The number of benzene rings is 4. The lowest BCUT2D eigenvalue weighted by Gasteiger charge is -2.32. The Morgan fingerprint density at radius 3 is 2.12 bits per heavy atom. The van der Waals surface area contributed by atoms with Crippen LogP contribution in [0.3, 0.4) is 0 Å². The van der Waals surface area contributed by atoms with E-state index in [4.69, 9.17) is 15.2 Å².